The van der Waals surface area contributed by atoms with Gasteiger partial charge in [-0.25, -0.2) is 0 Å². The summed E-state index contributed by atoms with van der Waals surface area (Å²) in [6, 6.07) is 0.639. The summed E-state index contributed by atoms with van der Waals surface area (Å²) in [5, 5.41) is 3.63. The van der Waals surface area contributed by atoms with Crippen molar-refractivity contribution in [1.29, 1.82) is 0 Å². The first-order valence-electron chi connectivity index (χ1n) is 6.85. The first-order chi connectivity index (χ1) is 7.63. The van der Waals surface area contributed by atoms with Crippen molar-refractivity contribution in [3.05, 3.63) is 0 Å². The number of hydrogen-bond donors (Lipinski definition) is 1. The topological polar surface area (TPSA) is 12.0 Å². The van der Waals surface area contributed by atoms with Crippen LogP contribution in [-0.4, -0.2) is 24.6 Å². The molecule has 0 amide bonds. The molecule has 0 aromatic rings. The number of hydrogen-bond acceptors (Lipinski definition) is 2. The van der Waals surface area contributed by atoms with Crippen LogP contribution in [0.5, 0.6) is 0 Å². The van der Waals surface area contributed by atoms with E-state index < -0.39 is 0 Å². The fourth-order valence-corrected chi connectivity index (χ4v) is 3.38. The van der Waals surface area contributed by atoms with Crippen LogP contribution in [0.25, 0.3) is 0 Å². The molecule has 1 saturated carbocycles. The summed E-state index contributed by atoms with van der Waals surface area (Å²) in [6.07, 6.45) is 8.01. The van der Waals surface area contributed by atoms with Crippen LogP contribution in [0.1, 0.15) is 46.5 Å². The van der Waals surface area contributed by atoms with Crippen molar-refractivity contribution in [2.24, 2.45) is 17.8 Å². The van der Waals surface area contributed by atoms with E-state index in [1.165, 1.54) is 38.0 Å². The first kappa shape index (κ1) is 14.4. The van der Waals surface area contributed by atoms with Gasteiger partial charge in [-0.15, -0.1) is 0 Å². The molecule has 1 aliphatic rings. The molecule has 0 aromatic heterocycles. The lowest BCUT2D eigenvalue weighted by atomic mass is 9.73. The Labute approximate surface area is 106 Å². The van der Waals surface area contributed by atoms with Gasteiger partial charge >= 0.3 is 0 Å². The summed E-state index contributed by atoms with van der Waals surface area (Å²) in [4.78, 5) is 0. The van der Waals surface area contributed by atoms with Gasteiger partial charge in [0.15, 0.2) is 0 Å². The Bertz CT molecular complexity index is 182. The molecule has 1 rings (SSSR count). The molecule has 1 nitrogen and oxygen atoms in total. The van der Waals surface area contributed by atoms with Gasteiger partial charge in [0.1, 0.15) is 0 Å². The van der Waals surface area contributed by atoms with E-state index in [9.17, 15) is 0 Å². The quantitative estimate of drug-likeness (QED) is 0.762. The number of nitrogens with one attached hydrogen (secondary N) is 1. The van der Waals surface area contributed by atoms with Crippen LogP contribution in [0, 0.1) is 17.8 Å². The molecule has 1 N–H and O–H groups in total. The highest BCUT2D eigenvalue weighted by Gasteiger charge is 2.27. The van der Waals surface area contributed by atoms with Gasteiger partial charge in [-0.3, -0.25) is 0 Å². The van der Waals surface area contributed by atoms with E-state index in [4.69, 9.17) is 0 Å². The maximum atomic E-state index is 3.63. The minimum absolute atomic E-state index is 0.639. The highest BCUT2D eigenvalue weighted by molar-refractivity contribution is 7.98. The molecule has 0 aliphatic heterocycles. The monoisotopic (exact) mass is 243 g/mol. The van der Waals surface area contributed by atoms with Gasteiger partial charge in [-0.05, 0) is 55.6 Å². The van der Waals surface area contributed by atoms with Crippen molar-refractivity contribution in [3.8, 4) is 0 Å². The van der Waals surface area contributed by atoms with Crippen molar-refractivity contribution in [1.82, 2.24) is 5.32 Å². The standard InChI is InChI=1S/C14H29NS/c1-11(2)15-10-14-6-5-12(3)9-13(14)7-8-16-4/h11-15H,5-10H2,1-4H3. The van der Waals surface area contributed by atoms with Crippen LogP contribution in [0.2, 0.25) is 0 Å². The predicted molar refractivity (Wildman–Crippen MR) is 76.1 cm³/mol. The van der Waals surface area contributed by atoms with Crippen LogP contribution in [-0.2, 0) is 0 Å². The molecule has 1 fully saturated rings. The molecule has 0 saturated heterocycles. The minimum atomic E-state index is 0.639. The lowest BCUT2D eigenvalue weighted by Gasteiger charge is -2.35. The van der Waals surface area contributed by atoms with Crippen molar-refractivity contribution < 1.29 is 0 Å². The van der Waals surface area contributed by atoms with Gasteiger partial charge in [-0.2, -0.15) is 11.8 Å². The molecule has 1 aliphatic carbocycles. The first-order valence-corrected chi connectivity index (χ1v) is 8.25. The summed E-state index contributed by atoms with van der Waals surface area (Å²) in [5.41, 5.74) is 0. The zero-order chi connectivity index (χ0) is 12.0. The van der Waals surface area contributed by atoms with Crippen molar-refractivity contribution in [2.45, 2.75) is 52.5 Å². The Morgan fingerprint density at radius 1 is 1.25 bits per heavy atom. The molecule has 0 radical (unpaired) electrons. The normalized spacial score (nSPS) is 30.9. The second kappa shape index (κ2) is 7.60. The summed E-state index contributed by atoms with van der Waals surface area (Å²) in [7, 11) is 0. The lowest BCUT2D eigenvalue weighted by Crippen LogP contribution is -2.35. The van der Waals surface area contributed by atoms with E-state index in [2.05, 4.69) is 32.3 Å². The third-order valence-electron chi connectivity index (χ3n) is 3.88. The second-order valence-electron chi connectivity index (χ2n) is 5.78. The van der Waals surface area contributed by atoms with E-state index in [0.29, 0.717) is 6.04 Å². The van der Waals surface area contributed by atoms with Crippen LogP contribution < -0.4 is 5.32 Å². The van der Waals surface area contributed by atoms with E-state index in [1.54, 1.807) is 0 Å². The highest BCUT2D eigenvalue weighted by atomic mass is 32.2. The molecule has 96 valence electrons. The molecule has 0 heterocycles. The van der Waals surface area contributed by atoms with Crippen LogP contribution in [0.4, 0.5) is 0 Å². The molecular weight excluding hydrogens is 214 g/mol. The van der Waals surface area contributed by atoms with E-state index >= 15 is 0 Å². The Morgan fingerprint density at radius 2 is 2.00 bits per heavy atom. The lowest BCUT2D eigenvalue weighted by molar-refractivity contribution is 0.178. The molecule has 0 bridgehead atoms. The van der Waals surface area contributed by atoms with Gasteiger partial charge in [0.25, 0.3) is 0 Å². The molecule has 2 heteroatoms. The van der Waals surface area contributed by atoms with Crippen LogP contribution in [0.15, 0.2) is 0 Å². The smallest absolute Gasteiger partial charge is 0.00104 e. The fourth-order valence-electron chi connectivity index (χ4n) is 2.84. The van der Waals surface area contributed by atoms with E-state index in [1.807, 2.05) is 11.8 Å². The third-order valence-corrected chi connectivity index (χ3v) is 4.53. The molecule has 3 unspecified atom stereocenters. The van der Waals surface area contributed by atoms with Crippen molar-refractivity contribution in [3.63, 3.8) is 0 Å². The summed E-state index contributed by atoms with van der Waals surface area (Å²) < 4.78 is 0. The summed E-state index contributed by atoms with van der Waals surface area (Å²) in [5.74, 6) is 4.21. The van der Waals surface area contributed by atoms with Gasteiger partial charge < -0.3 is 5.32 Å². The van der Waals surface area contributed by atoms with Crippen molar-refractivity contribution >= 4 is 11.8 Å². The molecule has 16 heavy (non-hydrogen) atoms. The number of thioether (sulfide) groups is 1. The van der Waals surface area contributed by atoms with Crippen LogP contribution >= 0.6 is 11.8 Å². The average Bonchev–Trinajstić information content (AvgIpc) is 2.24. The SMILES string of the molecule is CSCCC1CC(C)CCC1CNC(C)C. The molecule has 3 atom stereocenters. The molecular formula is C14H29NS. The zero-order valence-corrected chi connectivity index (χ0v) is 12.3. The Balaban J connectivity index is 2.37. The average molecular weight is 243 g/mol. The third kappa shape index (κ3) is 5.09. The Hall–Kier alpha value is 0.310. The predicted octanol–water partition coefficient (Wildman–Crippen LogP) is 3.79. The Kier molecular flexibility index (Phi) is 6.83. The van der Waals surface area contributed by atoms with Crippen LogP contribution in [0.3, 0.4) is 0 Å². The molecule has 0 spiro atoms. The molecule has 0 aromatic carbocycles. The minimum Gasteiger partial charge on any atom is -0.314 e. The zero-order valence-electron chi connectivity index (χ0n) is 11.5. The largest absolute Gasteiger partial charge is 0.314 e. The maximum Gasteiger partial charge on any atom is 0.00104 e. The van der Waals surface area contributed by atoms with Gasteiger partial charge in [-0.1, -0.05) is 27.2 Å². The number of rotatable bonds is 6. The summed E-state index contributed by atoms with van der Waals surface area (Å²) in [6.45, 7) is 8.17. The van der Waals surface area contributed by atoms with Gasteiger partial charge in [0, 0.05) is 6.04 Å². The highest BCUT2D eigenvalue weighted by Crippen LogP contribution is 2.35. The Morgan fingerprint density at radius 3 is 2.62 bits per heavy atom. The summed E-state index contributed by atoms with van der Waals surface area (Å²) >= 11 is 2.00. The van der Waals surface area contributed by atoms with E-state index in [0.717, 1.165) is 17.8 Å². The van der Waals surface area contributed by atoms with Crippen molar-refractivity contribution in [2.75, 3.05) is 18.6 Å². The maximum absolute atomic E-state index is 3.63. The van der Waals surface area contributed by atoms with E-state index in [-0.39, 0.29) is 0 Å². The van der Waals surface area contributed by atoms with Gasteiger partial charge in [0.2, 0.25) is 0 Å². The van der Waals surface area contributed by atoms with Gasteiger partial charge in [0.05, 0.1) is 0 Å². The second-order valence-corrected chi connectivity index (χ2v) is 6.77. The fraction of sp³-hybridized carbons (Fsp3) is 1.00.